The number of nitrogens with one attached hydrogen (secondary N) is 2. The molecule has 7 heteroatoms. The number of halogens is 1. The molecule has 1 aliphatic heterocycles. The third kappa shape index (κ3) is 2.36. The number of hydrogen-bond acceptors (Lipinski definition) is 4. The first-order valence-corrected chi connectivity index (χ1v) is 7.51. The molecule has 22 heavy (non-hydrogen) atoms. The van der Waals surface area contributed by atoms with Gasteiger partial charge >= 0.3 is 6.54 Å². The summed E-state index contributed by atoms with van der Waals surface area (Å²) in [7, 11) is 0. The molecule has 1 unspecified atom stereocenters. The third-order valence-electron chi connectivity index (χ3n) is 4.20. The Morgan fingerprint density at radius 2 is 1.95 bits per heavy atom. The van der Waals surface area contributed by atoms with Crippen molar-refractivity contribution in [3.8, 4) is 11.5 Å². The molecule has 0 bridgehead atoms. The Morgan fingerprint density at radius 1 is 1.23 bits per heavy atom. The Kier molecular flexibility index (Phi) is 3.13. The van der Waals surface area contributed by atoms with Gasteiger partial charge in [-0.05, 0) is 12.8 Å². The van der Waals surface area contributed by atoms with Crippen LogP contribution in [0.4, 0.5) is 10.3 Å². The number of hydrogen-bond donors (Lipinski definition) is 2. The van der Waals surface area contributed by atoms with Crippen molar-refractivity contribution in [1.82, 2.24) is 9.97 Å². The molecule has 2 N–H and O–H groups in total. The average Bonchev–Trinajstić information content (AvgIpc) is 3.06. The molecule has 1 fully saturated rings. The van der Waals surface area contributed by atoms with Gasteiger partial charge in [-0.2, -0.15) is 4.39 Å². The first kappa shape index (κ1) is 13.4. The van der Waals surface area contributed by atoms with Gasteiger partial charge in [-0.15, -0.1) is 0 Å². The zero-order valence-electron chi connectivity index (χ0n) is 11.9. The average molecular weight is 305 g/mol. The molecule has 1 aromatic carbocycles. The van der Waals surface area contributed by atoms with Crippen molar-refractivity contribution in [2.24, 2.45) is 5.92 Å². The van der Waals surface area contributed by atoms with Gasteiger partial charge in [-0.1, -0.05) is 19.3 Å². The van der Waals surface area contributed by atoms with E-state index in [2.05, 4.69) is 15.3 Å². The van der Waals surface area contributed by atoms with Crippen LogP contribution in [0.1, 0.15) is 32.1 Å². The van der Waals surface area contributed by atoms with Crippen LogP contribution in [0.25, 0.3) is 11.0 Å². The van der Waals surface area contributed by atoms with Gasteiger partial charge in [0.2, 0.25) is 11.9 Å². The minimum Gasteiger partial charge on any atom is -0.425 e. The number of rotatable bonds is 2. The van der Waals surface area contributed by atoms with Crippen molar-refractivity contribution < 1.29 is 18.7 Å². The van der Waals surface area contributed by atoms with Crippen LogP contribution in [0.2, 0.25) is 0 Å². The van der Waals surface area contributed by atoms with E-state index in [1.54, 1.807) is 12.1 Å². The standard InChI is InChI=1S/C15H16FN3O3/c16-14-21-11-6-9-10(7-12(11)22-14)18-15(17-9)19-13(20)8-4-2-1-3-5-8/h6-8,14H,1-5H2,(H2,17,18,19,20). The summed E-state index contributed by atoms with van der Waals surface area (Å²) in [6.45, 7) is -1.77. The minimum absolute atomic E-state index is 0.00243. The number of aromatic nitrogens is 2. The van der Waals surface area contributed by atoms with Crippen molar-refractivity contribution in [3.63, 3.8) is 0 Å². The predicted octanol–water partition coefficient (Wildman–Crippen LogP) is 3.11. The van der Waals surface area contributed by atoms with E-state index < -0.39 is 6.54 Å². The van der Waals surface area contributed by atoms with Crippen molar-refractivity contribution in [2.45, 2.75) is 38.6 Å². The van der Waals surface area contributed by atoms with Gasteiger partial charge < -0.3 is 14.5 Å². The van der Waals surface area contributed by atoms with Crippen LogP contribution in [0, 0.1) is 5.92 Å². The zero-order valence-corrected chi connectivity index (χ0v) is 11.9. The molecule has 116 valence electrons. The Hall–Kier alpha value is -2.31. The van der Waals surface area contributed by atoms with Gasteiger partial charge in [0.1, 0.15) is 0 Å². The van der Waals surface area contributed by atoms with Crippen molar-refractivity contribution >= 4 is 22.9 Å². The summed E-state index contributed by atoms with van der Waals surface area (Å²) in [5.74, 6) is 1.10. The third-order valence-corrected chi connectivity index (χ3v) is 4.20. The molecule has 1 aliphatic carbocycles. The highest BCUT2D eigenvalue weighted by molar-refractivity contribution is 5.93. The fraction of sp³-hybridized carbons (Fsp3) is 0.467. The maximum atomic E-state index is 13.0. The van der Waals surface area contributed by atoms with E-state index in [1.807, 2.05) is 0 Å². The minimum atomic E-state index is -1.77. The summed E-state index contributed by atoms with van der Waals surface area (Å²) in [6.07, 6.45) is 5.27. The van der Waals surface area contributed by atoms with Crippen molar-refractivity contribution in [3.05, 3.63) is 12.1 Å². The van der Waals surface area contributed by atoms with Crippen molar-refractivity contribution in [2.75, 3.05) is 5.32 Å². The van der Waals surface area contributed by atoms with Gasteiger partial charge in [0, 0.05) is 18.1 Å². The molecule has 4 rings (SSSR count). The zero-order chi connectivity index (χ0) is 15.1. The Morgan fingerprint density at radius 3 is 2.73 bits per heavy atom. The van der Waals surface area contributed by atoms with Gasteiger partial charge in [0.25, 0.3) is 0 Å². The second kappa shape index (κ2) is 5.15. The van der Waals surface area contributed by atoms with Crippen LogP contribution in [0.5, 0.6) is 11.5 Å². The summed E-state index contributed by atoms with van der Waals surface area (Å²) in [4.78, 5) is 19.5. The number of anilines is 1. The number of H-pyrrole nitrogens is 1. The number of alkyl halides is 1. The highest BCUT2D eigenvalue weighted by Gasteiger charge is 2.25. The molecule has 2 aromatic rings. The maximum absolute atomic E-state index is 13.0. The summed E-state index contributed by atoms with van der Waals surface area (Å²) in [5.41, 5.74) is 1.26. The van der Waals surface area contributed by atoms with E-state index in [1.165, 1.54) is 6.42 Å². The van der Waals surface area contributed by atoms with Gasteiger partial charge in [0.05, 0.1) is 11.0 Å². The molecular weight excluding hydrogens is 289 g/mol. The van der Waals surface area contributed by atoms with Crippen LogP contribution in [-0.2, 0) is 4.79 Å². The molecule has 2 aliphatic rings. The molecule has 0 radical (unpaired) electrons. The van der Waals surface area contributed by atoms with E-state index in [0.29, 0.717) is 28.5 Å². The number of aromatic amines is 1. The Bertz CT molecular complexity index is 681. The van der Waals surface area contributed by atoms with E-state index >= 15 is 0 Å². The fourth-order valence-corrected chi connectivity index (χ4v) is 3.07. The second-order valence-electron chi connectivity index (χ2n) is 5.74. The summed E-state index contributed by atoms with van der Waals surface area (Å²) in [5, 5.41) is 2.82. The molecule has 2 heterocycles. The summed E-state index contributed by atoms with van der Waals surface area (Å²) >= 11 is 0. The number of fused-ring (bicyclic) bond motifs is 2. The number of benzene rings is 1. The first-order chi connectivity index (χ1) is 10.7. The van der Waals surface area contributed by atoms with E-state index in [9.17, 15) is 9.18 Å². The lowest BCUT2D eigenvalue weighted by molar-refractivity contribution is -0.120. The number of carbonyl (C=O) groups excluding carboxylic acids is 1. The lowest BCUT2D eigenvalue weighted by Gasteiger charge is -2.19. The van der Waals surface area contributed by atoms with E-state index in [-0.39, 0.29) is 11.8 Å². The van der Waals surface area contributed by atoms with Crippen LogP contribution in [0.3, 0.4) is 0 Å². The van der Waals surface area contributed by atoms with Gasteiger partial charge in [0.15, 0.2) is 11.5 Å². The molecule has 6 nitrogen and oxygen atoms in total. The highest BCUT2D eigenvalue weighted by Crippen LogP contribution is 2.38. The van der Waals surface area contributed by atoms with Crippen molar-refractivity contribution in [1.29, 1.82) is 0 Å². The molecule has 0 saturated heterocycles. The number of imidazole rings is 1. The maximum Gasteiger partial charge on any atom is 0.397 e. The van der Waals surface area contributed by atoms with E-state index in [0.717, 1.165) is 25.7 Å². The second-order valence-corrected chi connectivity index (χ2v) is 5.74. The normalized spacial score (nSPS) is 18.8. The first-order valence-electron chi connectivity index (χ1n) is 7.51. The Balaban J connectivity index is 1.54. The molecule has 1 saturated carbocycles. The number of ether oxygens (including phenoxy) is 2. The largest absolute Gasteiger partial charge is 0.425 e. The SMILES string of the molecule is O=C(Nc1nc2cc3c(cc2[nH]1)OC(F)O3)C1CCCCC1. The van der Waals surface area contributed by atoms with Crippen LogP contribution < -0.4 is 14.8 Å². The number of nitrogens with zero attached hydrogens (tertiary/aromatic N) is 1. The molecule has 1 aromatic heterocycles. The summed E-state index contributed by atoms with van der Waals surface area (Å²) in [6, 6.07) is 3.21. The molecule has 1 atom stereocenters. The lowest BCUT2D eigenvalue weighted by atomic mass is 9.89. The molecule has 1 amide bonds. The Labute approximate surface area is 126 Å². The number of carbonyl (C=O) groups is 1. The number of amides is 1. The monoisotopic (exact) mass is 305 g/mol. The highest BCUT2D eigenvalue weighted by atomic mass is 19.2. The summed E-state index contributed by atoms with van der Waals surface area (Å²) < 4.78 is 22.7. The smallest absolute Gasteiger partial charge is 0.397 e. The fourth-order valence-electron chi connectivity index (χ4n) is 3.07. The van der Waals surface area contributed by atoms with Gasteiger partial charge in [-0.3, -0.25) is 10.1 Å². The molecule has 0 spiro atoms. The van der Waals surface area contributed by atoms with E-state index in [4.69, 9.17) is 9.47 Å². The lowest BCUT2D eigenvalue weighted by Crippen LogP contribution is -2.25. The van der Waals surface area contributed by atoms with Crippen LogP contribution >= 0.6 is 0 Å². The van der Waals surface area contributed by atoms with Crippen LogP contribution in [-0.4, -0.2) is 22.4 Å². The predicted molar refractivity (Wildman–Crippen MR) is 77.5 cm³/mol. The van der Waals surface area contributed by atoms with Crippen LogP contribution in [0.15, 0.2) is 12.1 Å². The quantitative estimate of drug-likeness (QED) is 0.894. The topological polar surface area (TPSA) is 76.2 Å². The van der Waals surface area contributed by atoms with Gasteiger partial charge in [-0.25, -0.2) is 4.98 Å². The molecular formula is C15H16FN3O3.